The number of ether oxygens (including phenoxy) is 1. The number of hydrogen-bond donors (Lipinski definition) is 0. The lowest BCUT2D eigenvalue weighted by Crippen LogP contribution is -2.37. The summed E-state index contributed by atoms with van der Waals surface area (Å²) in [5.41, 5.74) is -0.306. The largest absolute Gasteiger partial charge is 0.460 e. The van der Waals surface area contributed by atoms with Gasteiger partial charge in [0.15, 0.2) is 5.78 Å². The van der Waals surface area contributed by atoms with Crippen molar-refractivity contribution in [1.29, 1.82) is 0 Å². The molecule has 0 aliphatic rings. The van der Waals surface area contributed by atoms with Gasteiger partial charge < -0.3 is 4.74 Å². The Morgan fingerprint density at radius 2 is 1.80 bits per heavy atom. The first-order chi connectivity index (χ1) is 6.69. The molecule has 0 heterocycles. The molecule has 0 saturated heterocycles. The molecule has 0 radical (unpaired) electrons. The maximum atomic E-state index is 11.7. The average molecular weight is 212 g/mol. The van der Waals surface area contributed by atoms with Crippen molar-refractivity contribution >= 4 is 11.8 Å². The zero-order chi connectivity index (χ0) is 12.2. The van der Waals surface area contributed by atoms with Crippen LogP contribution in [0, 0.1) is 11.3 Å². The lowest BCUT2D eigenvalue weighted by Gasteiger charge is -2.23. The van der Waals surface area contributed by atoms with Crippen molar-refractivity contribution < 1.29 is 14.3 Å². The minimum absolute atomic E-state index is 0.103. The first-order valence-corrected chi connectivity index (χ1v) is 5.05. The zero-order valence-corrected chi connectivity index (χ0v) is 10.2. The smallest absolute Gasteiger partial charge is 0.319 e. The van der Waals surface area contributed by atoms with Gasteiger partial charge in [0, 0.05) is 5.92 Å². The van der Waals surface area contributed by atoms with Crippen molar-refractivity contribution in [3.8, 4) is 0 Å². The Morgan fingerprint density at radius 1 is 1.33 bits per heavy atom. The van der Waals surface area contributed by atoms with Gasteiger partial charge in [-0.05, 0) is 26.3 Å². The third kappa shape index (κ3) is 3.86. The van der Waals surface area contributed by atoms with E-state index < -0.39 is 11.4 Å². The van der Waals surface area contributed by atoms with Crippen LogP contribution in [0.4, 0.5) is 0 Å². The Balaban J connectivity index is 4.52. The highest BCUT2D eigenvalue weighted by Crippen LogP contribution is 2.23. The summed E-state index contributed by atoms with van der Waals surface area (Å²) in [6.07, 6.45) is 0. The number of esters is 1. The van der Waals surface area contributed by atoms with E-state index in [0.717, 1.165) is 5.57 Å². The molecule has 0 spiro atoms. The lowest BCUT2D eigenvalue weighted by atomic mass is 9.82. The molecule has 0 fully saturated rings. The molecule has 0 rings (SSSR count). The molecule has 0 aliphatic carbocycles. The molecule has 0 aromatic rings. The summed E-state index contributed by atoms with van der Waals surface area (Å²) in [4.78, 5) is 23.4. The van der Waals surface area contributed by atoms with E-state index in [9.17, 15) is 9.59 Å². The van der Waals surface area contributed by atoms with Gasteiger partial charge in [0.2, 0.25) is 0 Å². The van der Waals surface area contributed by atoms with Crippen LogP contribution in [0.15, 0.2) is 12.2 Å². The summed E-state index contributed by atoms with van der Waals surface area (Å²) >= 11 is 0. The SMILES string of the molecule is C=C(C)COC(=O)C(C)(C)C(=O)C(C)C. The van der Waals surface area contributed by atoms with E-state index in [1.807, 2.05) is 0 Å². The molecule has 0 bridgehead atoms. The van der Waals surface area contributed by atoms with Crippen molar-refractivity contribution in [3.05, 3.63) is 12.2 Å². The van der Waals surface area contributed by atoms with Gasteiger partial charge in [-0.1, -0.05) is 20.4 Å². The van der Waals surface area contributed by atoms with Gasteiger partial charge >= 0.3 is 5.97 Å². The summed E-state index contributed by atoms with van der Waals surface area (Å²) < 4.78 is 4.98. The fraction of sp³-hybridized carbons (Fsp3) is 0.667. The number of hydrogen-bond acceptors (Lipinski definition) is 3. The molecule has 0 aromatic carbocycles. The highest BCUT2D eigenvalue weighted by atomic mass is 16.5. The summed E-state index contributed by atoms with van der Waals surface area (Å²) in [7, 11) is 0. The highest BCUT2D eigenvalue weighted by Gasteiger charge is 2.38. The van der Waals surface area contributed by atoms with E-state index >= 15 is 0 Å². The van der Waals surface area contributed by atoms with Gasteiger partial charge in [-0.2, -0.15) is 0 Å². The molecule has 3 heteroatoms. The fourth-order valence-electron chi connectivity index (χ4n) is 1.19. The van der Waals surface area contributed by atoms with E-state index in [0.29, 0.717) is 0 Å². The van der Waals surface area contributed by atoms with Crippen LogP contribution in [-0.4, -0.2) is 18.4 Å². The predicted molar refractivity (Wildman–Crippen MR) is 59.4 cm³/mol. The second-order valence-electron chi connectivity index (χ2n) is 4.68. The molecule has 0 aliphatic heterocycles. The van der Waals surface area contributed by atoms with Gasteiger partial charge in [-0.25, -0.2) is 0 Å². The first kappa shape index (κ1) is 13.9. The topological polar surface area (TPSA) is 43.4 Å². The third-order valence-electron chi connectivity index (χ3n) is 2.10. The molecule has 0 amide bonds. The minimum Gasteiger partial charge on any atom is -0.460 e. The molecule has 0 saturated carbocycles. The Morgan fingerprint density at radius 3 is 2.13 bits per heavy atom. The Labute approximate surface area is 91.5 Å². The number of Topliss-reactive ketones (excluding diaryl/α,β-unsaturated/α-hetero) is 1. The van der Waals surface area contributed by atoms with Crippen LogP contribution in [0.3, 0.4) is 0 Å². The Hall–Kier alpha value is -1.12. The average Bonchev–Trinajstić information content (AvgIpc) is 2.12. The molecule has 0 atom stereocenters. The van der Waals surface area contributed by atoms with Crippen molar-refractivity contribution in [2.75, 3.05) is 6.61 Å². The summed E-state index contributed by atoms with van der Waals surface area (Å²) in [6.45, 7) is 12.3. The maximum Gasteiger partial charge on any atom is 0.319 e. The normalized spacial score (nSPS) is 11.3. The molecular formula is C12H20O3. The Kier molecular flexibility index (Phi) is 4.72. The summed E-state index contributed by atoms with van der Waals surface area (Å²) in [6, 6.07) is 0. The van der Waals surface area contributed by atoms with Crippen LogP contribution in [0.1, 0.15) is 34.6 Å². The molecular weight excluding hydrogens is 192 g/mol. The molecule has 15 heavy (non-hydrogen) atoms. The van der Waals surface area contributed by atoms with Crippen LogP contribution in [-0.2, 0) is 14.3 Å². The molecule has 0 N–H and O–H groups in total. The van der Waals surface area contributed by atoms with E-state index in [2.05, 4.69) is 6.58 Å². The van der Waals surface area contributed by atoms with E-state index in [4.69, 9.17) is 4.74 Å². The fourth-order valence-corrected chi connectivity index (χ4v) is 1.19. The standard InChI is InChI=1S/C12H20O3/c1-8(2)7-15-11(14)12(5,6)10(13)9(3)4/h9H,1,7H2,2-6H3. The third-order valence-corrected chi connectivity index (χ3v) is 2.10. The summed E-state index contributed by atoms with van der Waals surface area (Å²) in [5.74, 6) is -0.754. The van der Waals surface area contributed by atoms with Crippen molar-refractivity contribution in [1.82, 2.24) is 0 Å². The molecule has 86 valence electrons. The molecule has 3 nitrogen and oxygen atoms in total. The lowest BCUT2D eigenvalue weighted by molar-refractivity contribution is -0.158. The predicted octanol–water partition coefficient (Wildman–Crippen LogP) is 2.36. The molecule has 0 aromatic heterocycles. The van der Waals surface area contributed by atoms with Crippen LogP contribution >= 0.6 is 0 Å². The van der Waals surface area contributed by atoms with E-state index in [-0.39, 0.29) is 18.3 Å². The minimum atomic E-state index is -1.07. The second kappa shape index (κ2) is 5.10. The van der Waals surface area contributed by atoms with Crippen LogP contribution in [0.5, 0.6) is 0 Å². The van der Waals surface area contributed by atoms with Gasteiger partial charge in [0.25, 0.3) is 0 Å². The quantitative estimate of drug-likeness (QED) is 0.399. The van der Waals surface area contributed by atoms with Crippen LogP contribution in [0.25, 0.3) is 0 Å². The maximum absolute atomic E-state index is 11.7. The number of ketones is 1. The number of carbonyl (C=O) groups excluding carboxylic acids is 2. The van der Waals surface area contributed by atoms with Gasteiger partial charge in [-0.15, -0.1) is 0 Å². The number of rotatable bonds is 5. The molecule has 0 unspecified atom stereocenters. The summed E-state index contributed by atoms with van der Waals surface area (Å²) in [5, 5.41) is 0. The van der Waals surface area contributed by atoms with Crippen LogP contribution < -0.4 is 0 Å². The van der Waals surface area contributed by atoms with Crippen molar-refractivity contribution in [3.63, 3.8) is 0 Å². The highest BCUT2D eigenvalue weighted by molar-refractivity contribution is 6.03. The van der Waals surface area contributed by atoms with Gasteiger partial charge in [0.05, 0.1) is 0 Å². The monoisotopic (exact) mass is 212 g/mol. The first-order valence-electron chi connectivity index (χ1n) is 5.05. The second-order valence-corrected chi connectivity index (χ2v) is 4.68. The van der Waals surface area contributed by atoms with Crippen molar-refractivity contribution in [2.45, 2.75) is 34.6 Å². The van der Waals surface area contributed by atoms with E-state index in [1.54, 1.807) is 34.6 Å². The zero-order valence-electron chi connectivity index (χ0n) is 10.2. The van der Waals surface area contributed by atoms with Gasteiger partial charge in [0.1, 0.15) is 12.0 Å². The van der Waals surface area contributed by atoms with Crippen molar-refractivity contribution in [2.24, 2.45) is 11.3 Å². The Bertz CT molecular complexity index is 275. The van der Waals surface area contributed by atoms with E-state index in [1.165, 1.54) is 0 Å². The van der Waals surface area contributed by atoms with Crippen LogP contribution in [0.2, 0.25) is 0 Å². The number of carbonyl (C=O) groups is 2. The van der Waals surface area contributed by atoms with Gasteiger partial charge in [-0.3, -0.25) is 9.59 Å².